The van der Waals surface area contributed by atoms with Gasteiger partial charge in [0.25, 0.3) is 5.91 Å². The van der Waals surface area contributed by atoms with E-state index in [1.807, 2.05) is 37.3 Å². The van der Waals surface area contributed by atoms with Crippen molar-refractivity contribution in [2.75, 3.05) is 7.05 Å². The number of rotatable bonds is 6. The van der Waals surface area contributed by atoms with E-state index in [9.17, 15) is 4.79 Å². The number of nitrogens with zero attached hydrogens (tertiary/aromatic N) is 5. The van der Waals surface area contributed by atoms with Crippen LogP contribution in [0.2, 0.25) is 0 Å². The third-order valence-electron chi connectivity index (χ3n) is 4.11. The van der Waals surface area contributed by atoms with Gasteiger partial charge in [0.15, 0.2) is 0 Å². The summed E-state index contributed by atoms with van der Waals surface area (Å²) in [5, 5.41) is 7.70. The van der Waals surface area contributed by atoms with E-state index in [4.69, 9.17) is 4.42 Å². The molecule has 0 spiro atoms. The third kappa shape index (κ3) is 4.55. The summed E-state index contributed by atoms with van der Waals surface area (Å²) in [6.45, 7) is 6.02. The molecule has 0 fully saturated rings. The van der Waals surface area contributed by atoms with Crippen LogP contribution in [0.15, 0.2) is 34.7 Å². The Kier molecular flexibility index (Phi) is 5.59. The molecule has 3 rings (SSSR count). The number of aryl methyl sites for hydroxylation is 3. The number of benzene rings is 1. The normalized spacial score (nSPS) is 10.8. The third-order valence-corrected chi connectivity index (χ3v) is 4.11. The van der Waals surface area contributed by atoms with Gasteiger partial charge >= 0.3 is 0 Å². The standard InChI is InChI=1S/C20H23N5O2/c1-5-6-17-11-18(22-13(2)21-17)15-7-9-16(10-8-15)20(26)25(4)12-19-24-23-14(3)27-19/h7-11H,5-6,12H2,1-4H3. The van der Waals surface area contributed by atoms with Crippen molar-refractivity contribution in [3.8, 4) is 11.3 Å². The first-order valence-corrected chi connectivity index (χ1v) is 8.95. The fourth-order valence-corrected chi connectivity index (χ4v) is 2.84. The first kappa shape index (κ1) is 18.7. The van der Waals surface area contributed by atoms with Gasteiger partial charge < -0.3 is 9.32 Å². The van der Waals surface area contributed by atoms with Gasteiger partial charge in [0, 0.05) is 30.8 Å². The average molecular weight is 365 g/mol. The molecule has 2 aromatic heterocycles. The number of aromatic nitrogens is 4. The molecule has 3 aromatic rings. The van der Waals surface area contributed by atoms with E-state index < -0.39 is 0 Å². The molecule has 2 heterocycles. The first-order chi connectivity index (χ1) is 13.0. The van der Waals surface area contributed by atoms with Crippen LogP contribution in [0.4, 0.5) is 0 Å². The fourth-order valence-electron chi connectivity index (χ4n) is 2.84. The molecule has 27 heavy (non-hydrogen) atoms. The maximum absolute atomic E-state index is 12.6. The zero-order chi connectivity index (χ0) is 19.4. The van der Waals surface area contributed by atoms with Gasteiger partial charge in [-0.25, -0.2) is 9.97 Å². The lowest BCUT2D eigenvalue weighted by Gasteiger charge is -2.15. The summed E-state index contributed by atoms with van der Waals surface area (Å²) in [5.74, 6) is 1.55. The summed E-state index contributed by atoms with van der Waals surface area (Å²) in [7, 11) is 1.71. The minimum atomic E-state index is -0.108. The highest BCUT2D eigenvalue weighted by molar-refractivity contribution is 5.94. The van der Waals surface area contributed by atoms with Gasteiger partial charge in [-0.05, 0) is 31.5 Å². The number of amides is 1. The van der Waals surface area contributed by atoms with Crippen molar-refractivity contribution in [3.05, 3.63) is 59.2 Å². The fraction of sp³-hybridized carbons (Fsp3) is 0.350. The van der Waals surface area contributed by atoms with Crippen LogP contribution in [-0.4, -0.2) is 38.0 Å². The number of hydrogen-bond donors (Lipinski definition) is 0. The molecular weight excluding hydrogens is 342 g/mol. The second-order valence-corrected chi connectivity index (χ2v) is 6.50. The molecule has 0 unspecified atom stereocenters. The summed E-state index contributed by atoms with van der Waals surface area (Å²) in [5.41, 5.74) is 3.47. The van der Waals surface area contributed by atoms with Crippen LogP contribution >= 0.6 is 0 Å². The van der Waals surface area contributed by atoms with Crippen molar-refractivity contribution < 1.29 is 9.21 Å². The Morgan fingerprint density at radius 1 is 1.11 bits per heavy atom. The Balaban J connectivity index is 1.75. The number of hydrogen-bond acceptors (Lipinski definition) is 6. The molecule has 0 radical (unpaired) electrons. The molecule has 0 aliphatic heterocycles. The van der Waals surface area contributed by atoms with E-state index in [2.05, 4.69) is 27.1 Å². The Bertz CT molecular complexity index is 934. The van der Waals surface area contributed by atoms with Gasteiger partial charge in [-0.1, -0.05) is 25.5 Å². The maximum Gasteiger partial charge on any atom is 0.254 e. The SMILES string of the molecule is CCCc1cc(-c2ccc(C(=O)N(C)Cc3nnc(C)o3)cc2)nc(C)n1. The zero-order valence-electron chi connectivity index (χ0n) is 16.1. The minimum Gasteiger partial charge on any atom is -0.424 e. The van der Waals surface area contributed by atoms with Crippen LogP contribution in [0.25, 0.3) is 11.3 Å². The smallest absolute Gasteiger partial charge is 0.254 e. The number of carbonyl (C=O) groups is 1. The van der Waals surface area contributed by atoms with E-state index in [-0.39, 0.29) is 12.5 Å². The van der Waals surface area contributed by atoms with E-state index >= 15 is 0 Å². The van der Waals surface area contributed by atoms with Crippen LogP contribution < -0.4 is 0 Å². The summed E-state index contributed by atoms with van der Waals surface area (Å²) >= 11 is 0. The van der Waals surface area contributed by atoms with Gasteiger partial charge in [0.05, 0.1) is 12.2 Å². The lowest BCUT2D eigenvalue weighted by molar-refractivity contribution is 0.0772. The van der Waals surface area contributed by atoms with Crippen LogP contribution in [0.5, 0.6) is 0 Å². The van der Waals surface area contributed by atoms with E-state index in [1.165, 1.54) is 0 Å². The van der Waals surface area contributed by atoms with Gasteiger partial charge in [0.2, 0.25) is 11.8 Å². The van der Waals surface area contributed by atoms with Gasteiger partial charge in [-0.3, -0.25) is 4.79 Å². The highest BCUT2D eigenvalue weighted by Gasteiger charge is 2.15. The molecule has 7 nitrogen and oxygen atoms in total. The second-order valence-electron chi connectivity index (χ2n) is 6.50. The predicted molar refractivity (Wildman–Crippen MR) is 101 cm³/mol. The highest BCUT2D eigenvalue weighted by atomic mass is 16.4. The molecule has 0 aliphatic carbocycles. The predicted octanol–water partition coefficient (Wildman–Crippen LogP) is 3.37. The quantitative estimate of drug-likeness (QED) is 0.666. The minimum absolute atomic E-state index is 0.108. The highest BCUT2D eigenvalue weighted by Crippen LogP contribution is 2.20. The van der Waals surface area contributed by atoms with Crippen LogP contribution in [0.3, 0.4) is 0 Å². The second kappa shape index (κ2) is 8.07. The van der Waals surface area contributed by atoms with Crippen LogP contribution in [0, 0.1) is 13.8 Å². The summed E-state index contributed by atoms with van der Waals surface area (Å²) in [6.07, 6.45) is 1.96. The molecule has 0 N–H and O–H groups in total. The molecule has 140 valence electrons. The van der Waals surface area contributed by atoms with Crippen molar-refractivity contribution in [2.24, 2.45) is 0 Å². The molecule has 1 aromatic carbocycles. The Morgan fingerprint density at radius 3 is 2.48 bits per heavy atom. The van der Waals surface area contributed by atoms with Crippen molar-refractivity contribution >= 4 is 5.91 Å². The lowest BCUT2D eigenvalue weighted by atomic mass is 10.1. The van der Waals surface area contributed by atoms with Crippen molar-refractivity contribution in [2.45, 2.75) is 40.2 Å². The van der Waals surface area contributed by atoms with E-state index in [0.717, 1.165) is 35.6 Å². The molecule has 0 saturated heterocycles. The van der Waals surface area contributed by atoms with Gasteiger partial charge in [-0.2, -0.15) is 0 Å². The monoisotopic (exact) mass is 365 g/mol. The first-order valence-electron chi connectivity index (χ1n) is 8.95. The largest absolute Gasteiger partial charge is 0.424 e. The van der Waals surface area contributed by atoms with Crippen LogP contribution in [-0.2, 0) is 13.0 Å². The lowest BCUT2D eigenvalue weighted by Crippen LogP contribution is -2.26. The molecule has 0 saturated carbocycles. The van der Waals surface area contributed by atoms with Crippen molar-refractivity contribution in [1.29, 1.82) is 0 Å². The summed E-state index contributed by atoms with van der Waals surface area (Å²) in [4.78, 5) is 23.1. The molecule has 7 heteroatoms. The van der Waals surface area contributed by atoms with Crippen LogP contribution in [0.1, 0.15) is 47.0 Å². The number of carbonyl (C=O) groups excluding carboxylic acids is 1. The van der Waals surface area contributed by atoms with Gasteiger partial charge in [-0.15, -0.1) is 10.2 Å². The zero-order valence-corrected chi connectivity index (χ0v) is 16.1. The summed E-state index contributed by atoms with van der Waals surface area (Å²) in [6, 6.07) is 9.45. The summed E-state index contributed by atoms with van der Waals surface area (Å²) < 4.78 is 5.33. The average Bonchev–Trinajstić information content (AvgIpc) is 3.05. The molecule has 0 atom stereocenters. The Morgan fingerprint density at radius 2 is 1.85 bits per heavy atom. The van der Waals surface area contributed by atoms with Crippen molar-refractivity contribution in [1.82, 2.24) is 25.1 Å². The maximum atomic E-state index is 12.6. The molecule has 0 bridgehead atoms. The topological polar surface area (TPSA) is 85.0 Å². The van der Waals surface area contributed by atoms with Crippen molar-refractivity contribution in [3.63, 3.8) is 0 Å². The molecule has 1 amide bonds. The van der Waals surface area contributed by atoms with Gasteiger partial charge in [0.1, 0.15) is 5.82 Å². The van der Waals surface area contributed by atoms with E-state index in [1.54, 1.807) is 18.9 Å². The molecular formula is C20H23N5O2. The van der Waals surface area contributed by atoms with E-state index in [0.29, 0.717) is 17.3 Å². The Hall–Kier alpha value is -3.09. The molecule has 0 aliphatic rings. The Labute approximate surface area is 158 Å².